The minimum Gasteiger partial charge on any atom is -0.458 e. The van der Waals surface area contributed by atoms with Gasteiger partial charge in [-0.05, 0) is 37.3 Å². The Kier molecular flexibility index (Phi) is 2.42. The molecule has 2 aromatic heterocycles. The molecule has 1 fully saturated rings. The van der Waals surface area contributed by atoms with E-state index in [0.717, 1.165) is 45.9 Å². The molecule has 0 amide bonds. The number of carbonyl (C=O) groups excluding carboxylic acids is 1. The van der Waals surface area contributed by atoms with Crippen LogP contribution in [0.25, 0.3) is 10.8 Å². The molecule has 1 saturated carbocycles. The topological polar surface area (TPSA) is 43.1 Å². The average Bonchev–Trinajstić information content (AvgIpc) is 2.85. The molecule has 2 aromatic rings. The van der Waals surface area contributed by atoms with Crippen molar-refractivity contribution >= 4 is 17.1 Å². The van der Waals surface area contributed by atoms with Gasteiger partial charge in [0.25, 0.3) is 0 Å². The van der Waals surface area contributed by atoms with E-state index in [1.807, 2.05) is 6.07 Å². The summed E-state index contributed by atoms with van der Waals surface area (Å²) in [4.78, 5) is 17.3. The summed E-state index contributed by atoms with van der Waals surface area (Å²) in [6, 6.07) is 4.06. The van der Waals surface area contributed by atoms with Crippen molar-refractivity contribution < 1.29 is 9.21 Å². The van der Waals surface area contributed by atoms with Crippen molar-refractivity contribution in [2.24, 2.45) is 5.92 Å². The van der Waals surface area contributed by atoms with Crippen molar-refractivity contribution in [2.75, 3.05) is 0 Å². The Morgan fingerprint density at radius 3 is 2.95 bits per heavy atom. The fourth-order valence-corrected chi connectivity index (χ4v) is 3.80. The van der Waals surface area contributed by atoms with Crippen LogP contribution >= 0.6 is 11.3 Å². The third-order valence-corrected chi connectivity index (χ3v) is 5.23. The number of hydrogen-bond acceptors (Lipinski definition) is 4. The van der Waals surface area contributed by atoms with Crippen LogP contribution in [0, 0.1) is 5.92 Å². The fourth-order valence-electron chi connectivity index (χ4n) is 2.76. The lowest BCUT2D eigenvalue weighted by Gasteiger charge is -2.06. The Bertz CT molecular complexity index is 655. The van der Waals surface area contributed by atoms with Gasteiger partial charge in [0.2, 0.25) is 0 Å². The van der Waals surface area contributed by atoms with Crippen LogP contribution in [0.3, 0.4) is 0 Å². The minimum atomic E-state index is 0.243. The van der Waals surface area contributed by atoms with Crippen molar-refractivity contribution in [3.8, 4) is 10.8 Å². The molecule has 0 saturated heterocycles. The van der Waals surface area contributed by atoms with E-state index in [1.54, 1.807) is 0 Å². The number of furan rings is 1. The van der Waals surface area contributed by atoms with Gasteiger partial charge in [0, 0.05) is 12.3 Å². The number of nitrogens with zero attached hydrogens (tertiary/aromatic N) is 1. The Balaban J connectivity index is 1.69. The van der Waals surface area contributed by atoms with E-state index in [1.165, 1.54) is 17.8 Å². The van der Waals surface area contributed by atoms with Gasteiger partial charge in [-0.3, -0.25) is 4.79 Å². The first-order valence-electron chi connectivity index (χ1n) is 6.85. The van der Waals surface area contributed by atoms with Gasteiger partial charge in [-0.25, -0.2) is 4.98 Å². The van der Waals surface area contributed by atoms with Crippen molar-refractivity contribution in [3.05, 3.63) is 28.5 Å². The van der Waals surface area contributed by atoms with Crippen LogP contribution in [0.1, 0.15) is 53.2 Å². The maximum absolute atomic E-state index is 11.8. The SMILES string of the molecule is CC1CC1c1ccc(-c2nc3c(s2)C(=O)CCC3)o1. The molecule has 98 valence electrons. The zero-order valence-electron chi connectivity index (χ0n) is 10.8. The molecule has 3 nitrogen and oxygen atoms in total. The summed E-state index contributed by atoms with van der Waals surface area (Å²) in [7, 11) is 0. The van der Waals surface area contributed by atoms with Crippen molar-refractivity contribution in [1.82, 2.24) is 4.98 Å². The molecule has 2 heterocycles. The highest BCUT2D eigenvalue weighted by Gasteiger charge is 2.37. The second kappa shape index (κ2) is 4.04. The molecule has 4 rings (SSSR count). The molecule has 2 unspecified atom stereocenters. The normalized spacial score (nSPS) is 25.4. The van der Waals surface area contributed by atoms with Crippen LogP contribution in [0.15, 0.2) is 16.5 Å². The van der Waals surface area contributed by atoms with Gasteiger partial charge in [-0.15, -0.1) is 11.3 Å². The van der Waals surface area contributed by atoms with Crippen molar-refractivity contribution in [2.45, 2.75) is 38.5 Å². The lowest BCUT2D eigenvalue weighted by molar-refractivity contribution is 0.0976. The average molecular weight is 273 g/mol. The van der Waals surface area contributed by atoms with Gasteiger partial charge in [-0.1, -0.05) is 6.92 Å². The summed E-state index contributed by atoms with van der Waals surface area (Å²) in [5.74, 6) is 3.46. The standard InChI is InChI=1S/C15H15NO2S/c1-8-7-9(8)12-5-6-13(18-12)15-16-10-3-2-4-11(17)14(10)19-15/h5-6,8-9H,2-4,7H2,1H3. The van der Waals surface area contributed by atoms with E-state index in [9.17, 15) is 4.79 Å². The highest BCUT2D eigenvalue weighted by atomic mass is 32.1. The number of ketones is 1. The Morgan fingerprint density at radius 1 is 1.37 bits per heavy atom. The number of thiazole rings is 1. The maximum atomic E-state index is 11.8. The van der Waals surface area contributed by atoms with Crippen molar-refractivity contribution in [3.63, 3.8) is 0 Å². The molecule has 0 spiro atoms. The number of rotatable bonds is 2. The third-order valence-electron chi connectivity index (χ3n) is 4.08. The van der Waals surface area contributed by atoms with Crippen LogP contribution in [0.5, 0.6) is 0 Å². The smallest absolute Gasteiger partial charge is 0.174 e. The van der Waals surface area contributed by atoms with E-state index in [0.29, 0.717) is 12.3 Å². The van der Waals surface area contributed by atoms with Crippen molar-refractivity contribution in [1.29, 1.82) is 0 Å². The summed E-state index contributed by atoms with van der Waals surface area (Å²) in [5, 5.41) is 0.861. The molecule has 0 aliphatic heterocycles. The van der Waals surface area contributed by atoms with Crippen LogP contribution in [0.2, 0.25) is 0 Å². The zero-order chi connectivity index (χ0) is 13.0. The minimum absolute atomic E-state index is 0.243. The van der Waals surface area contributed by atoms with Crippen LogP contribution < -0.4 is 0 Å². The Morgan fingerprint density at radius 2 is 2.21 bits per heavy atom. The van der Waals surface area contributed by atoms with E-state index in [2.05, 4.69) is 18.0 Å². The number of aromatic nitrogens is 1. The third kappa shape index (κ3) is 1.86. The molecule has 4 heteroatoms. The van der Waals surface area contributed by atoms with E-state index in [-0.39, 0.29) is 5.78 Å². The highest BCUT2D eigenvalue weighted by Crippen LogP contribution is 2.48. The molecule has 2 atom stereocenters. The lowest BCUT2D eigenvalue weighted by atomic mass is 10.0. The summed E-state index contributed by atoms with van der Waals surface area (Å²) < 4.78 is 5.91. The second-order valence-electron chi connectivity index (χ2n) is 5.59. The Labute approximate surface area is 115 Å². The molecular weight excluding hydrogens is 258 g/mol. The predicted molar refractivity (Wildman–Crippen MR) is 73.6 cm³/mol. The molecule has 0 radical (unpaired) electrons. The van der Waals surface area contributed by atoms with Crippen LogP contribution in [-0.2, 0) is 6.42 Å². The predicted octanol–water partition coefficient (Wildman–Crippen LogP) is 4.05. The number of aryl methyl sites for hydroxylation is 1. The molecule has 0 aromatic carbocycles. The molecule has 0 bridgehead atoms. The van der Waals surface area contributed by atoms with E-state index in [4.69, 9.17) is 4.42 Å². The van der Waals surface area contributed by atoms with Gasteiger partial charge in [0.15, 0.2) is 16.6 Å². The molecule has 2 aliphatic rings. The largest absolute Gasteiger partial charge is 0.458 e. The quantitative estimate of drug-likeness (QED) is 0.829. The van der Waals surface area contributed by atoms with Gasteiger partial charge < -0.3 is 4.42 Å². The number of fused-ring (bicyclic) bond motifs is 1. The van der Waals surface area contributed by atoms with E-state index >= 15 is 0 Å². The van der Waals surface area contributed by atoms with Crippen LogP contribution in [0.4, 0.5) is 0 Å². The summed E-state index contributed by atoms with van der Waals surface area (Å²) in [6.07, 6.45) is 3.74. The monoisotopic (exact) mass is 273 g/mol. The van der Waals surface area contributed by atoms with Gasteiger partial charge in [-0.2, -0.15) is 0 Å². The molecule has 0 N–H and O–H groups in total. The zero-order valence-corrected chi connectivity index (χ0v) is 11.6. The molecular formula is C15H15NO2S. The van der Waals surface area contributed by atoms with Gasteiger partial charge >= 0.3 is 0 Å². The first-order valence-corrected chi connectivity index (χ1v) is 7.67. The first-order chi connectivity index (χ1) is 9.22. The Hall–Kier alpha value is -1.42. The fraction of sp³-hybridized carbons (Fsp3) is 0.467. The lowest BCUT2D eigenvalue weighted by Crippen LogP contribution is -2.07. The summed E-state index contributed by atoms with van der Waals surface area (Å²) >= 11 is 1.49. The van der Waals surface area contributed by atoms with Crippen LogP contribution in [-0.4, -0.2) is 10.8 Å². The first kappa shape index (κ1) is 11.4. The number of carbonyl (C=O) groups is 1. The van der Waals surface area contributed by atoms with E-state index < -0.39 is 0 Å². The second-order valence-corrected chi connectivity index (χ2v) is 6.59. The number of Topliss-reactive ketones (excluding diaryl/α,β-unsaturated/α-hetero) is 1. The molecule has 2 aliphatic carbocycles. The molecule has 19 heavy (non-hydrogen) atoms. The van der Waals surface area contributed by atoms with Gasteiger partial charge in [0.1, 0.15) is 5.76 Å². The summed E-state index contributed by atoms with van der Waals surface area (Å²) in [5.41, 5.74) is 0.967. The van der Waals surface area contributed by atoms with Gasteiger partial charge in [0.05, 0.1) is 10.6 Å². The number of hydrogen-bond donors (Lipinski definition) is 0. The summed E-state index contributed by atoms with van der Waals surface area (Å²) in [6.45, 7) is 2.24. The maximum Gasteiger partial charge on any atom is 0.174 e. The highest BCUT2D eigenvalue weighted by molar-refractivity contribution is 7.17.